The van der Waals surface area contributed by atoms with Crippen molar-refractivity contribution in [3.8, 4) is 11.5 Å². The normalized spacial score (nSPS) is 11.3. The topological polar surface area (TPSA) is 73.9 Å². The third-order valence-corrected chi connectivity index (χ3v) is 3.41. The average molecular weight is 343 g/mol. The van der Waals surface area contributed by atoms with Gasteiger partial charge in [-0.2, -0.15) is 0 Å². The smallest absolute Gasteiger partial charge is 0.338 e. The van der Waals surface area contributed by atoms with Gasteiger partial charge in [0.25, 0.3) is 5.91 Å². The van der Waals surface area contributed by atoms with E-state index in [4.69, 9.17) is 14.2 Å². The summed E-state index contributed by atoms with van der Waals surface area (Å²) in [5.74, 6) is 0.375. The van der Waals surface area contributed by atoms with Crippen molar-refractivity contribution in [2.45, 2.75) is 20.0 Å². The predicted octanol–water partition coefficient (Wildman–Crippen LogP) is 3.28. The summed E-state index contributed by atoms with van der Waals surface area (Å²) in [5, 5.41) is 2.69. The van der Waals surface area contributed by atoms with E-state index in [9.17, 15) is 9.59 Å². The van der Waals surface area contributed by atoms with Crippen LogP contribution >= 0.6 is 0 Å². The Bertz CT molecular complexity index is 710. The van der Waals surface area contributed by atoms with E-state index in [0.29, 0.717) is 23.6 Å². The third-order valence-electron chi connectivity index (χ3n) is 3.41. The summed E-state index contributed by atoms with van der Waals surface area (Å²) in [4.78, 5) is 24.2. The van der Waals surface area contributed by atoms with Crippen molar-refractivity contribution >= 4 is 17.6 Å². The number of rotatable bonds is 7. The van der Waals surface area contributed by atoms with Crippen LogP contribution in [0.3, 0.4) is 0 Å². The highest BCUT2D eigenvalue weighted by Crippen LogP contribution is 2.16. The van der Waals surface area contributed by atoms with E-state index in [1.807, 2.05) is 6.92 Å². The molecule has 132 valence electrons. The number of methoxy groups -OCH3 is 1. The van der Waals surface area contributed by atoms with Gasteiger partial charge in [0.1, 0.15) is 11.5 Å². The first-order chi connectivity index (χ1) is 12.0. The maximum Gasteiger partial charge on any atom is 0.338 e. The van der Waals surface area contributed by atoms with Gasteiger partial charge in [-0.15, -0.1) is 0 Å². The Kier molecular flexibility index (Phi) is 6.39. The van der Waals surface area contributed by atoms with Gasteiger partial charge in [-0.1, -0.05) is 0 Å². The fourth-order valence-corrected chi connectivity index (χ4v) is 2.05. The lowest BCUT2D eigenvalue weighted by Crippen LogP contribution is -2.29. The van der Waals surface area contributed by atoms with Crippen LogP contribution in [-0.2, 0) is 9.53 Å². The maximum atomic E-state index is 12.2. The molecule has 1 amide bonds. The molecule has 0 aliphatic carbocycles. The summed E-state index contributed by atoms with van der Waals surface area (Å²) < 4.78 is 15.6. The van der Waals surface area contributed by atoms with E-state index in [0.717, 1.165) is 5.75 Å². The fraction of sp³-hybridized carbons (Fsp3) is 0.263. The molecule has 1 N–H and O–H groups in total. The van der Waals surface area contributed by atoms with Crippen molar-refractivity contribution < 1.29 is 23.8 Å². The lowest BCUT2D eigenvalue weighted by atomic mass is 10.2. The van der Waals surface area contributed by atoms with E-state index in [1.54, 1.807) is 55.6 Å². The molecule has 0 fully saturated rings. The lowest BCUT2D eigenvalue weighted by molar-refractivity contribution is -0.123. The lowest BCUT2D eigenvalue weighted by Gasteiger charge is -2.14. The molecule has 0 radical (unpaired) electrons. The molecule has 0 saturated carbocycles. The van der Waals surface area contributed by atoms with Gasteiger partial charge in [0.05, 0.1) is 19.3 Å². The van der Waals surface area contributed by atoms with E-state index in [2.05, 4.69) is 5.32 Å². The van der Waals surface area contributed by atoms with Crippen molar-refractivity contribution in [3.63, 3.8) is 0 Å². The summed E-state index contributed by atoms with van der Waals surface area (Å²) in [7, 11) is 1.54. The molecule has 25 heavy (non-hydrogen) atoms. The van der Waals surface area contributed by atoms with Crippen LogP contribution < -0.4 is 14.8 Å². The van der Waals surface area contributed by atoms with Crippen LogP contribution in [0.1, 0.15) is 24.2 Å². The molecule has 2 aromatic carbocycles. The van der Waals surface area contributed by atoms with E-state index < -0.39 is 18.0 Å². The highest BCUT2D eigenvalue weighted by atomic mass is 16.5. The van der Waals surface area contributed by atoms with Gasteiger partial charge in [-0.3, -0.25) is 4.79 Å². The van der Waals surface area contributed by atoms with Gasteiger partial charge in [0.15, 0.2) is 6.10 Å². The summed E-state index contributed by atoms with van der Waals surface area (Å²) in [6.45, 7) is 3.99. The standard InChI is InChI=1S/C19H21NO5/c1-4-24-17-11-7-15(8-12-17)20-18(21)13(2)25-19(22)14-5-9-16(23-3)10-6-14/h5-13H,4H2,1-3H3,(H,20,21)/t13-/m0/s1. The minimum absolute atomic E-state index is 0.349. The second kappa shape index (κ2) is 8.73. The van der Waals surface area contributed by atoms with Crippen molar-refractivity contribution in [1.29, 1.82) is 0 Å². The number of carbonyl (C=O) groups excluding carboxylic acids is 2. The molecule has 0 aliphatic heterocycles. The molecule has 0 bridgehead atoms. The number of esters is 1. The highest BCUT2D eigenvalue weighted by Gasteiger charge is 2.19. The Morgan fingerprint density at radius 1 is 1.00 bits per heavy atom. The fourth-order valence-electron chi connectivity index (χ4n) is 2.05. The monoisotopic (exact) mass is 343 g/mol. The van der Waals surface area contributed by atoms with Crippen LogP contribution in [0.15, 0.2) is 48.5 Å². The van der Waals surface area contributed by atoms with Crippen molar-refractivity contribution in [2.75, 3.05) is 19.0 Å². The Labute approximate surface area is 146 Å². The Morgan fingerprint density at radius 3 is 2.16 bits per heavy atom. The Hall–Kier alpha value is -3.02. The molecule has 0 aliphatic rings. The zero-order valence-corrected chi connectivity index (χ0v) is 14.4. The van der Waals surface area contributed by atoms with Crippen molar-refractivity contribution in [3.05, 3.63) is 54.1 Å². The second-order valence-corrected chi connectivity index (χ2v) is 5.22. The second-order valence-electron chi connectivity index (χ2n) is 5.22. The summed E-state index contributed by atoms with van der Waals surface area (Å²) >= 11 is 0. The van der Waals surface area contributed by atoms with Crippen LogP contribution in [0.2, 0.25) is 0 Å². The van der Waals surface area contributed by atoms with Crippen LogP contribution in [0.25, 0.3) is 0 Å². The van der Waals surface area contributed by atoms with Gasteiger partial charge in [0, 0.05) is 5.69 Å². The molecule has 6 nitrogen and oxygen atoms in total. The quantitative estimate of drug-likeness (QED) is 0.781. The minimum atomic E-state index is -0.929. The van der Waals surface area contributed by atoms with Crippen LogP contribution in [-0.4, -0.2) is 31.7 Å². The summed E-state index contributed by atoms with van der Waals surface area (Å²) in [6.07, 6.45) is -0.929. The predicted molar refractivity (Wildman–Crippen MR) is 94.1 cm³/mol. The van der Waals surface area contributed by atoms with E-state index in [-0.39, 0.29) is 0 Å². The summed E-state index contributed by atoms with van der Waals surface area (Å²) in [5.41, 5.74) is 0.947. The molecule has 0 aromatic heterocycles. The number of benzene rings is 2. The SMILES string of the molecule is CCOc1ccc(NC(=O)[C@H](C)OC(=O)c2ccc(OC)cc2)cc1. The number of carbonyl (C=O) groups is 2. The van der Waals surface area contributed by atoms with Crippen LogP contribution in [0.5, 0.6) is 11.5 Å². The number of nitrogens with one attached hydrogen (secondary N) is 1. The van der Waals surface area contributed by atoms with Crippen molar-refractivity contribution in [2.24, 2.45) is 0 Å². The largest absolute Gasteiger partial charge is 0.497 e. The Balaban J connectivity index is 1.91. The zero-order valence-electron chi connectivity index (χ0n) is 14.4. The molecule has 2 rings (SSSR count). The number of hydrogen-bond acceptors (Lipinski definition) is 5. The molecule has 6 heteroatoms. The Morgan fingerprint density at radius 2 is 1.60 bits per heavy atom. The molecule has 0 heterocycles. The van der Waals surface area contributed by atoms with Gasteiger partial charge in [-0.25, -0.2) is 4.79 Å². The van der Waals surface area contributed by atoms with E-state index >= 15 is 0 Å². The number of anilines is 1. The maximum absolute atomic E-state index is 12.2. The first-order valence-electron chi connectivity index (χ1n) is 7.92. The average Bonchev–Trinajstić information content (AvgIpc) is 2.63. The number of amides is 1. The van der Waals surface area contributed by atoms with Gasteiger partial charge in [-0.05, 0) is 62.4 Å². The first-order valence-corrected chi connectivity index (χ1v) is 7.92. The summed E-state index contributed by atoms with van der Waals surface area (Å²) in [6, 6.07) is 13.4. The van der Waals surface area contributed by atoms with Crippen molar-refractivity contribution in [1.82, 2.24) is 0 Å². The highest BCUT2D eigenvalue weighted by molar-refractivity contribution is 5.97. The van der Waals surface area contributed by atoms with Gasteiger partial charge in [0.2, 0.25) is 0 Å². The molecule has 1 atom stereocenters. The molecule has 0 saturated heterocycles. The number of hydrogen-bond donors (Lipinski definition) is 1. The minimum Gasteiger partial charge on any atom is -0.497 e. The van der Waals surface area contributed by atoms with E-state index in [1.165, 1.54) is 6.92 Å². The molecule has 0 unspecified atom stereocenters. The zero-order chi connectivity index (χ0) is 18.2. The first kappa shape index (κ1) is 18.3. The number of ether oxygens (including phenoxy) is 3. The molecular formula is C19H21NO5. The van der Waals surface area contributed by atoms with Crippen LogP contribution in [0.4, 0.5) is 5.69 Å². The van der Waals surface area contributed by atoms with Gasteiger partial charge >= 0.3 is 5.97 Å². The van der Waals surface area contributed by atoms with Crippen LogP contribution in [0, 0.1) is 0 Å². The molecule has 0 spiro atoms. The third kappa shape index (κ3) is 5.24. The van der Waals surface area contributed by atoms with Gasteiger partial charge < -0.3 is 19.5 Å². The molecular weight excluding hydrogens is 322 g/mol. The molecule has 2 aromatic rings.